The lowest BCUT2D eigenvalue weighted by Gasteiger charge is -2.16. The monoisotopic (exact) mass is 252 g/mol. The van der Waals surface area contributed by atoms with Crippen molar-refractivity contribution in [2.75, 3.05) is 0 Å². The Hall–Kier alpha value is -1.56. The van der Waals surface area contributed by atoms with E-state index in [0.29, 0.717) is 0 Å². The van der Waals surface area contributed by atoms with E-state index in [9.17, 15) is 4.39 Å². The molecule has 0 radical (unpaired) electrons. The van der Waals surface area contributed by atoms with Gasteiger partial charge >= 0.3 is 0 Å². The van der Waals surface area contributed by atoms with Crippen LogP contribution in [-0.4, -0.2) is 9.97 Å². The Morgan fingerprint density at radius 1 is 1.24 bits per heavy atom. The van der Waals surface area contributed by atoms with Crippen LogP contribution in [0.15, 0.2) is 36.9 Å². The van der Waals surface area contributed by atoms with Crippen molar-refractivity contribution in [3.63, 3.8) is 0 Å². The quantitative estimate of drug-likeness (QED) is 0.646. The highest BCUT2D eigenvalue weighted by Crippen LogP contribution is 2.24. The van der Waals surface area contributed by atoms with Crippen LogP contribution in [0.3, 0.4) is 0 Å². The van der Waals surface area contributed by atoms with Crippen molar-refractivity contribution in [2.24, 2.45) is 5.84 Å². The van der Waals surface area contributed by atoms with Crippen molar-refractivity contribution < 1.29 is 4.39 Å². The molecule has 0 spiro atoms. The van der Waals surface area contributed by atoms with E-state index in [1.54, 1.807) is 18.5 Å². The number of benzene rings is 1. The van der Waals surface area contributed by atoms with E-state index >= 15 is 0 Å². The molecule has 1 heterocycles. The number of hydrazine groups is 1. The summed E-state index contributed by atoms with van der Waals surface area (Å²) in [6.07, 6.45) is 4.69. The van der Waals surface area contributed by atoms with E-state index in [1.807, 2.05) is 0 Å². The van der Waals surface area contributed by atoms with Crippen LogP contribution in [0.1, 0.15) is 17.2 Å². The van der Waals surface area contributed by atoms with E-state index < -0.39 is 5.82 Å². The minimum atomic E-state index is -0.463. The average Bonchev–Trinajstić information content (AvgIpc) is 2.36. The number of aromatic nitrogens is 2. The molecule has 6 heteroatoms. The Balaban J connectivity index is 2.39. The van der Waals surface area contributed by atoms with Gasteiger partial charge in [0, 0.05) is 18.0 Å². The smallest absolute Gasteiger partial charge is 0.141 e. The SMILES string of the molecule is NNC(c1cncnc1)c1ccc(F)c(Cl)c1. The van der Waals surface area contributed by atoms with Crippen LogP contribution in [0.5, 0.6) is 0 Å². The summed E-state index contributed by atoms with van der Waals surface area (Å²) < 4.78 is 13.1. The highest BCUT2D eigenvalue weighted by molar-refractivity contribution is 6.30. The second-order valence-corrected chi connectivity index (χ2v) is 3.85. The molecule has 0 saturated carbocycles. The Labute approximate surface area is 103 Å². The van der Waals surface area contributed by atoms with E-state index in [-0.39, 0.29) is 11.1 Å². The zero-order valence-electron chi connectivity index (χ0n) is 8.77. The Kier molecular flexibility index (Phi) is 3.63. The first-order valence-corrected chi connectivity index (χ1v) is 5.26. The third kappa shape index (κ3) is 2.58. The molecule has 4 nitrogen and oxygen atoms in total. The first-order valence-electron chi connectivity index (χ1n) is 4.88. The molecule has 2 rings (SSSR count). The third-order valence-electron chi connectivity index (χ3n) is 2.36. The number of hydrogen-bond donors (Lipinski definition) is 2. The molecule has 0 aliphatic heterocycles. The number of rotatable bonds is 3. The molecule has 0 aliphatic carbocycles. The van der Waals surface area contributed by atoms with Gasteiger partial charge in [-0.15, -0.1) is 0 Å². The summed E-state index contributed by atoms with van der Waals surface area (Å²) in [5.74, 6) is 5.02. The van der Waals surface area contributed by atoms with Crippen LogP contribution in [0, 0.1) is 5.82 Å². The lowest BCUT2D eigenvalue weighted by molar-refractivity contribution is 0.614. The van der Waals surface area contributed by atoms with Crippen LogP contribution in [0.25, 0.3) is 0 Å². The number of nitrogens with one attached hydrogen (secondary N) is 1. The zero-order chi connectivity index (χ0) is 12.3. The van der Waals surface area contributed by atoms with Crippen LogP contribution < -0.4 is 11.3 Å². The van der Waals surface area contributed by atoms with Crippen molar-refractivity contribution in [1.29, 1.82) is 0 Å². The fourth-order valence-electron chi connectivity index (χ4n) is 1.54. The van der Waals surface area contributed by atoms with Gasteiger partial charge in [0.15, 0.2) is 0 Å². The molecule has 1 aromatic carbocycles. The predicted octanol–water partition coefficient (Wildman–Crippen LogP) is 1.82. The van der Waals surface area contributed by atoms with Gasteiger partial charge in [0.25, 0.3) is 0 Å². The topological polar surface area (TPSA) is 63.8 Å². The van der Waals surface area contributed by atoms with Gasteiger partial charge in [-0.1, -0.05) is 17.7 Å². The van der Waals surface area contributed by atoms with E-state index in [2.05, 4.69) is 15.4 Å². The maximum Gasteiger partial charge on any atom is 0.141 e. The molecule has 0 saturated heterocycles. The normalized spacial score (nSPS) is 12.4. The van der Waals surface area contributed by atoms with Gasteiger partial charge in [-0.2, -0.15) is 0 Å². The molecule has 3 N–H and O–H groups in total. The van der Waals surface area contributed by atoms with Crippen molar-refractivity contribution in [2.45, 2.75) is 6.04 Å². The van der Waals surface area contributed by atoms with E-state index in [4.69, 9.17) is 17.4 Å². The van der Waals surface area contributed by atoms with Crippen molar-refractivity contribution >= 4 is 11.6 Å². The molecular formula is C11H10ClFN4. The fraction of sp³-hybridized carbons (Fsp3) is 0.0909. The van der Waals surface area contributed by atoms with Crippen LogP contribution in [0.2, 0.25) is 5.02 Å². The number of nitrogens with two attached hydrogens (primary N) is 1. The first-order chi connectivity index (χ1) is 8.22. The molecular weight excluding hydrogens is 243 g/mol. The van der Waals surface area contributed by atoms with Gasteiger partial charge in [0.05, 0.1) is 11.1 Å². The summed E-state index contributed by atoms with van der Waals surface area (Å²) in [5.41, 5.74) is 4.14. The molecule has 1 unspecified atom stereocenters. The summed E-state index contributed by atoms with van der Waals surface area (Å²) in [6.45, 7) is 0. The van der Waals surface area contributed by atoms with Gasteiger partial charge in [0.2, 0.25) is 0 Å². The molecule has 1 atom stereocenters. The summed E-state index contributed by atoms with van der Waals surface area (Å²) >= 11 is 5.73. The molecule has 0 bridgehead atoms. The van der Waals surface area contributed by atoms with Gasteiger partial charge in [0.1, 0.15) is 12.1 Å². The summed E-state index contributed by atoms with van der Waals surface area (Å²) in [4.78, 5) is 7.81. The van der Waals surface area contributed by atoms with E-state index in [0.717, 1.165) is 11.1 Å². The Morgan fingerprint density at radius 3 is 2.53 bits per heavy atom. The fourth-order valence-corrected chi connectivity index (χ4v) is 1.73. The molecule has 1 aromatic heterocycles. The number of halogens is 2. The lowest BCUT2D eigenvalue weighted by Crippen LogP contribution is -2.29. The van der Waals surface area contributed by atoms with Crippen molar-refractivity contribution in [3.8, 4) is 0 Å². The third-order valence-corrected chi connectivity index (χ3v) is 2.65. The highest BCUT2D eigenvalue weighted by atomic mass is 35.5. The van der Waals surface area contributed by atoms with E-state index in [1.165, 1.54) is 18.5 Å². The van der Waals surface area contributed by atoms with Crippen LogP contribution >= 0.6 is 11.6 Å². The second kappa shape index (κ2) is 5.18. The summed E-state index contributed by atoms with van der Waals surface area (Å²) in [7, 11) is 0. The van der Waals surface area contributed by atoms with Gasteiger partial charge in [-0.25, -0.2) is 19.8 Å². The number of nitrogens with zero attached hydrogens (tertiary/aromatic N) is 2. The standard InChI is InChI=1S/C11H10ClFN4/c12-9-3-7(1-2-10(9)13)11(17-14)8-4-15-6-16-5-8/h1-6,11,17H,14H2. The van der Waals surface area contributed by atoms with Gasteiger partial charge in [-0.05, 0) is 17.7 Å². The minimum absolute atomic E-state index is 0.0552. The maximum absolute atomic E-state index is 13.1. The highest BCUT2D eigenvalue weighted by Gasteiger charge is 2.14. The number of hydrogen-bond acceptors (Lipinski definition) is 4. The largest absolute Gasteiger partial charge is 0.271 e. The second-order valence-electron chi connectivity index (χ2n) is 3.45. The molecule has 2 aromatic rings. The van der Waals surface area contributed by atoms with Crippen molar-refractivity contribution in [1.82, 2.24) is 15.4 Å². The predicted molar refractivity (Wildman–Crippen MR) is 62.6 cm³/mol. The van der Waals surface area contributed by atoms with Crippen LogP contribution in [0.4, 0.5) is 4.39 Å². The Bertz CT molecular complexity index is 506. The van der Waals surface area contributed by atoms with Gasteiger partial charge < -0.3 is 0 Å². The molecule has 0 aliphatic rings. The molecule has 0 fully saturated rings. The first kappa shape index (κ1) is 11.9. The minimum Gasteiger partial charge on any atom is -0.271 e. The maximum atomic E-state index is 13.1. The lowest BCUT2D eigenvalue weighted by atomic mass is 10.0. The molecule has 0 amide bonds. The zero-order valence-corrected chi connectivity index (χ0v) is 9.53. The summed E-state index contributed by atoms with van der Waals surface area (Å²) in [6, 6.07) is 4.10. The Morgan fingerprint density at radius 2 is 1.94 bits per heavy atom. The van der Waals surface area contributed by atoms with Crippen molar-refractivity contribution in [3.05, 3.63) is 58.9 Å². The van der Waals surface area contributed by atoms with Gasteiger partial charge in [-0.3, -0.25) is 5.84 Å². The summed E-state index contributed by atoms with van der Waals surface area (Å²) in [5, 5.41) is 0.0552. The molecule has 17 heavy (non-hydrogen) atoms. The average molecular weight is 253 g/mol. The van der Waals surface area contributed by atoms with Crippen LogP contribution in [-0.2, 0) is 0 Å². The molecule has 88 valence electrons.